The smallest absolute Gasteiger partial charge is 0.320 e. The summed E-state index contributed by atoms with van der Waals surface area (Å²) in [5.74, 6) is -0.157. The van der Waals surface area contributed by atoms with Gasteiger partial charge in [0, 0.05) is 18.9 Å². The standard InChI is InChI=1S/C13H20N2O2/c1-3-4-9-17-13(16)11-15(2)10-12-5-7-14-8-6-12/h5-8H,3-4,9-11H2,1-2H3. The van der Waals surface area contributed by atoms with E-state index in [1.807, 2.05) is 24.1 Å². The van der Waals surface area contributed by atoms with E-state index in [1.54, 1.807) is 12.4 Å². The van der Waals surface area contributed by atoms with Gasteiger partial charge in [0.05, 0.1) is 13.2 Å². The molecule has 0 aliphatic carbocycles. The van der Waals surface area contributed by atoms with E-state index in [-0.39, 0.29) is 5.97 Å². The molecule has 0 radical (unpaired) electrons. The highest BCUT2D eigenvalue weighted by Gasteiger charge is 2.07. The first-order valence-electron chi connectivity index (χ1n) is 5.95. The second kappa shape index (κ2) is 7.79. The van der Waals surface area contributed by atoms with Crippen LogP contribution in [0.25, 0.3) is 0 Å². The summed E-state index contributed by atoms with van der Waals surface area (Å²) in [7, 11) is 1.90. The number of likely N-dealkylation sites (N-methyl/N-ethyl adjacent to an activating group) is 1. The summed E-state index contributed by atoms with van der Waals surface area (Å²) in [6, 6.07) is 3.89. The minimum Gasteiger partial charge on any atom is -0.465 e. The van der Waals surface area contributed by atoms with Crippen LogP contribution in [0.5, 0.6) is 0 Å². The number of aromatic nitrogens is 1. The summed E-state index contributed by atoms with van der Waals surface area (Å²) in [4.78, 5) is 17.3. The first-order valence-corrected chi connectivity index (χ1v) is 5.95. The van der Waals surface area contributed by atoms with Gasteiger partial charge in [0.25, 0.3) is 0 Å². The largest absolute Gasteiger partial charge is 0.465 e. The van der Waals surface area contributed by atoms with Crippen molar-refractivity contribution in [3.8, 4) is 0 Å². The van der Waals surface area contributed by atoms with Crippen molar-refractivity contribution in [2.24, 2.45) is 0 Å². The van der Waals surface area contributed by atoms with Crippen molar-refractivity contribution in [2.45, 2.75) is 26.3 Å². The molecular formula is C13H20N2O2. The maximum atomic E-state index is 11.4. The van der Waals surface area contributed by atoms with Crippen molar-refractivity contribution < 1.29 is 9.53 Å². The van der Waals surface area contributed by atoms with Gasteiger partial charge < -0.3 is 4.74 Å². The molecule has 1 aromatic heterocycles. The molecule has 1 heterocycles. The van der Waals surface area contributed by atoms with E-state index < -0.39 is 0 Å². The third kappa shape index (κ3) is 6.02. The molecule has 4 heteroatoms. The zero-order valence-corrected chi connectivity index (χ0v) is 10.6. The zero-order valence-electron chi connectivity index (χ0n) is 10.6. The van der Waals surface area contributed by atoms with Crippen LogP contribution in [0.4, 0.5) is 0 Å². The highest BCUT2D eigenvalue weighted by Crippen LogP contribution is 2.01. The van der Waals surface area contributed by atoms with Crippen LogP contribution in [-0.2, 0) is 16.1 Å². The van der Waals surface area contributed by atoms with Gasteiger partial charge in [-0.05, 0) is 31.2 Å². The Morgan fingerprint density at radius 2 is 2.12 bits per heavy atom. The summed E-state index contributed by atoms with van der Waals surface area (Å²) in [5, 5.41) is 0. The second-order valence-electron chi connectivity index (χ2n) is 4.10. The van der Waals surface area contributed by atoms with Crippen LogP contribution >= 0.6 is 0 Å². The fraction of sp³-hybridized carbons (Fsp3) is 0.538. The minimum atomic E-state index is -0.157. The summed E-state index contributed by atoms with van der Waals surface area (Å²) in [6.07, 6.45) is 5.48. The maximum Gasteiger partial charge on any atom is 0.320 e. The van der Waals surface area contributed by atoms with Gasteiger partial charge in [0.1, 0.15) is 0 Å². The SMILES string of the molecule is CCCCOC(=O)CN(C)Cc1ccncc1. The van der Waals surface area contributed by atoms with Gasteiger partial charge >= 0.3 is 5.97 Å². The number of unbranched alkanes of at least 4 members (excludes halogenated alkanes) is 1. The van der Waals surface area contributed by atoms with Crippen LogP contribution in [0.1, 0.15) is 25.3 Å². The van der Waals surface area contributed by atoms with Crippen molar-refractivity contribution in [1.29, 1.82) is 0 Å². The Labute approximate surface area is 103 Å². The van der Waals surface area contributed by atoms with E-state index in [9.17, 15) is 4.79 Å². The highest BCUT2D eigenvalue weighted by atomic mass is 16.5. The quantitative estimate of drug-likeness (QED) is 0.535. The number of esters is 1. The Hall–Kier alpha value is -1.42. The van der Waals surface area contributed by atoms with Crippen LogP contribution < -0.4 is 0 Å². The number of hydrogen-bond donors (Lipinski definition) is 0. The van der Waals surface area contributed by atoms with Gasteiger partial charge in [-0.15, -0.1) is 0 Å². The molecule has 0 unspecified atom stereocenters. The zero-order chi connectivity index (χ0) is 12.5. The lowest BCUT2D eigenvalue weighted by Crippen LogP contribution is -2.27. The Kier molecular flexibility index (Phi) is 6.25. The number of pyridine rings is 1. The summed E-state index contributed by atoms with van der Waals surface area (Å²) >= 11 is 0. The van der Waals surface area contributed by atoms with E-state index in [0.29, 0.717) is 13.2 Å². The van der Waals surface area contributed by atoms with Crippen LogP contribution in [0, 0.1) is 0 Å². The normalized spacial score (nSPS) is 10.5. The number of rotatable bonds is 7. The van der Waals surface area contributed by atoms with Crippen molar-refractivity contribution in [3.63, 3.8) is 0 Å². The monoisotopic (exact) mass is 236 g/mol. The molecule has 0 spiro atoms. The molecule has 0 aliphatic rings. The third-order valence-electron chi connectivity index (χ3n) is 2.36. The fourth-order valence-electron chi connectivity index (χ4n) is 1.45. The molecule has 0 N–H and O–H groups in total. The predicted octanol–water partition coefficient (Wildman–Crippen LogP) is 1.86. The molecule has 0 fully saturated rings. The van der Waals surface area contributed by atoms with Gasteiger partial charge in [-0.1, -0.05) is 13.3 Å². The molecule has 17 heavy (non-hydrogen) atoms. The molecular weight excluding hydrogens is 216 g/mol. The van der Waals surface area contributed by atoms with Gasteiger partial charge in [-0.25, -0.2) is 0 Å². The molecule has 0 bridgehead atoms. The average Bonchev–Trinajstić information content (AvgIpc) is 2.30. The molecule has 1 rings (SSSR count). The second-order valence-corrected chi connectivity index (χ2v) is 4.10. The lowest BCUT2D eigenvalue weighted by Gasteiger charge is -2.15. The van der Waals surface area contributed by atoms with E-state index in [0.717, 1.165) is 24.9 Å². The highest BCUT2D eigenvalue weighted by molar-refractivity contribution is 5.71. The van der Waals surface area contributed by atoms with Gasteiger partial charge in [0.15, 0.2) is 0 Å². The third-order valence-corrected chi connectivity index (χ3v) is 2.36. The van der Waals surface area contributed by atoms with Crippen molar-refractivity contribution in [3.05, 3.63) is 30.1 Å². The number of hydrogen-bond acceptors (Lipinski definition) is 4. The van der Waals surface area contributed by atoms with Crippen molar-refractivity contribution >= 4 is 5.97 Å². The molecule has 0 aromatic carbocycles. The van der Waals surface area contributed by atoms with Crippen LogP contribution in [-0.4, -0.2) is 36.1 Å². The van der Waals surface area contributed by atoms with Crippen LogP contribution in [0.3, 0.4) is 0 Å². The number of carbonyl (C=O) groups excluding carboxylic acids is 1. The average molecular weight is 236 g/mol. The summed E-state index contributed by atoms with van der Waals surface area (Å²) < 4.78 is 5.10. The summed E-state index contributed by atoms with van der Waals surface area (Å²) in [5.41, 5.74) is 1.14. The van der Waals surface area contributed by atoms with Crippen LogP contribution in [0.2, 0.25) is 0 Å². The van der Waals surface area contributed by atoms with E-state index in [2.05, 4.69) is 11.9 Å². The van der Waals surface area contributed by atoms with Gasteiger partial charge in [0.2, 0.25) is 0 Å². The lowest BCUT2D eigenvalue weighted by molar-refractivity contribution is -0.144. The molecule has 94 valence electrons. The molecule has 0 aliphatic heterocycles. The van der Waals surface area contributed by atoms with E-state index in [4.69, 9.17) is 4.74 Å². The molecule has 0 atom stereocenters. The Balaban J connectivity index is 2.25. The number of carbonyl (C=O) groups is 1. The minimum absolute atomic E-state index is 0.157. The predicted molar refractivity (Wildman–Crippen MR) is 66.4 cm³/mol. The van der Waals surface area contributed by atoms with Crippen molar-refractivity contribution in [1.82, 2.24) is 9.88 Å². The molecule has 0 saturated carbocycles. The van der Waals surface area contributed by atoms with Crippen LogP contribution in [0.15, 0.2) is 24.5 Å². The maximum absolute atomic E-state index is 11.4. The lowest BCUT2D eigenvalue weighted by atomic mass is 10.2. The fourth-order valence-corrected chi connectivity index (χ4v) is 1.45. The van der Waals surface area contributed by atoms with Gasteiger partial charge in [-0.3, -0.25) is 14.7 Å². The Morgan fingerprint density at radius 3 is 2.76 bits per heavy atom. The van der Waals surface area contributed by atoms with E-state index >= 15 is 0 Å². The Morgan fingerprint density at radius 1 is 1.41 bits per heavy atom. The van der Waals surface area contributed by atoms with Crippen molar-refractivity contribution in [2.75, 3.05) is 20.2 Å². The topological polar surface area (TPSA) is 42.4 Å². The first-order chi connectivity index (χ1) is 8.22. The molecule has 4 nitrogen and oxygen atoms in total. The Bertz CT molecular complexity index is 327. The first kappa shape index (κ1) is 13.6. The van der Waals surface area contributed by atoms with Gasteiger partial charge in [-0.2, -0.15) is 0 Å². The molecule has 0 saturated heterocycles. The molecule has 0 amide bonds. The van der Waals surface area contributed by atoms with E-state index in [1.165, 1.54) is 0 Å². The number of ether oxygens (including phenoxy) is 1. The molecule has 1 aromatic rings. The number of nitrogens with zero attached hydrogens (tertiary/aromatic N) is 2. The summed E-state index contributed by atoms with van der Waals surface area (Å²) in [6.45, 7) is 3.65.